The first kappa shape index (κ1) is 8.87. The van der Waals surface area contributed by atoms with E-state index in [1.807, 2.05) is 0 Å². The van der Waals surface area contributed by atoms with Crippen LogP contribution in [0, 0.1) is 0 Å². The molecule has 0 unspecified atom stereocenters. The number of hydrogen-bond acceptors (Lipinski definition) is 4. The molecule has 0 spiro atoms. The van der Waals surface area contributed by atoms with Gasteiger partial charge in [0, 0.05) is 0 Å². The Balaban J connectivity index is 3.42. The van der Waals surface area contributed by atoms with E-state index in [1.165, 1.54) is 18.2 Å². The molecule has 4 nitrogen and oxygen atoms in total. The number of aliphatic carboxylic acids is 1. The van der Waals surface area contributed by atoms with Crippen LogP contribution in [-0.4, -0.2) is 12.6 Å². The molecule has 0 amide bonds. The highest BCUT2D eigenvalue weighted by Crippen LogP contribution is 1.75. The normalized spacial score (nSPS) is 11.3. The topological polar surface area (TPSA) is 72.4 Å². The van der Waals surface area contributed by atoms with E-state index in [2.05, 4.69) is 4.89 Å². The Hall–Kier alpha value is -1.13. The molecule has 0 saturated heterocycles. The first-order chi connectivity index (χ1) is 4.77. The van der Waals surface area contributed by atoms with Gasteiger partial charge >= 0.3 is 0 Å². The second kappa shape index (κ2) is 6.00. The summed E-state index contributed by atoms with van der Waals surface area (Å²) in [6.07, 6.45) is 4.86. The minimum absolute atomic E-state index is 0.0720. The lowest BCUT2D eigenvalue weighted by Gasteiger charge is -1.98. The largest absolute Gasteiger partial charge is 0.723 e. The third-order valence-electron chi connectivity index (χ3n) is 0.644. The molecular weight excluding hydrogens is 136 g/mol. The van der Waals surface area contributed by atoms with Crippen molar-refractivity contribution in [1.82, 2.24) is 0 Å². The highest BCUT2D eigenvalue weighted by atomic mass is 17.1. The number of carboxylic acid groups (broad SMARTS) is 1. The van der Waals surface area contributed by atoms with Crippen LogP contribution in [0.2, 0.25) is 0 Å². The number of carbonyl (C=O) groups excluding carboxylic acids is 1. The summed E-state index contributed by atoms with van der Waals surface area (Å²) >= 11 is 0. The standard InChI is InChI=1S/C6H8O4/c7-6(8)4-2-1-3-5-10-9/h1-4,9H,5H2,(H,7,8)/p-2/b3-1+,4-2+. The second-order valence-corrected chi connectivity index (χ2v) is 1.39. The van der Waals surface area contributed by atoms with Gasteiger partial charge in [-0.3, -0.25) is 0 Å². The minimum Gasteiger partial charge on any atom is -0.723 e. The van der Waals surface area contributed by atoms with Crippen molar-refractivity contribution >= 4 is 5.97 Å². The predicted octanol–water partition coefficient (Wildman–Crippen LogP) is -1.86. The summed E-state index contributed by atoms with van der Waals surface area (Å²) in [5.74, 6) is -1.27. The van der Waals surface area contributed by atoms with Crippen molar-refractivity contribution in [3.63, 3.8) is 0 Å². The molecule has 0 aromatic rings. The molecule has 0 aliphatic rings. The van der Waals surface area contributed by atoms with Gasteiger partial charge in [-0.25, -0.2) is 0 Å². The molecule has 0 aromatic heterocycles. The van der Waals surface area contributed by atoms with Gasteiger partial charge in [0.1, 0.15) is 0 Å². The van der Waals surface area contributed by atoms with Crippen molar-refractivity contribution < 1.29 is 20.0 Å². The Bertz CT molecular complexity index is 148. The average molecular weight is 142 g/mol. The summed E-state index contributed by atoms with van der Waals surface area (Å²) < 4.78 is 0. The Morgan fingerprint density at radius 3 is 2.70 bits per heavy atom. The van der Waals surface area contributed by atoms with E-state index in [-0.39, 0.29) is 6.61 Å². The fourth-order valence-electron chi connectivity index (χ4n) is 0.308. The Morgan fingerprint density at radius 2 is 2.20 bits per heavy atom. The van der Waals surface area contributed by atoms with Crippen LogP contribution in [0.25, 0.3) is 0 Å². The molecule has 0 atom stereocenters. The van der Waals surface area contributed by atoms with Crippen molar-refractivity contribution in [2.24, 2.45) is 0 Å². The van der Waals surface area contributed by atoms with Crippen molar-refractivity contribution in [2.75, 3.05) is 6.61 Å². The quantitative estimate of drug-likeness (QED) is 0.200. The van der Waals surface area contributed by atoms with Crippen LogP contribution in [0.5, 0.6) is 0 Å². The third kappa shape index (κ3) is 6.87. The molecule has 0 radical (unpaired) electrons. The van der Waals surface area contributed by atoms with E-state index >= 15 is 0 Å². The maximum Gasteiger partial charge on any atom is 0.0642 e. The molecule has 10 heavy (non-hydrogen) atoms. The summed E-state index contributed by atoms with van der Waals surface area (Å²) in [6.45, 7) is -0.0720. The zero-order valence-corrected chi connectivity index (χ0v) is 5.15. The predicted molar refractivity (Wildman–Crippen MR) is 29.2 cm³/mol. The molecule has 0 fully saturated rings. The smallest absolute Gasteiger partial charge is 0.0642 e. The SMILES string of the molecule is O=C([O-])/C=C/C=C/CO[O-]. The number of hydrogen-bond donors (Lipinski definition) is 0. The van der Waals surface area contributed by atoms with Crippen LogP contribution in [0.15, 0.2) is 24.3 Å². The maximum absolute atomic E-state index is 9.71. The van der Waals surface area contributed by atoms with Gasteiger partial charge in [-0.1, -0.05) is 18.2 Å². The molecule has 56 valence electrons. The third-order valence-corrected chi connectivity index (χ3v) is 0.644. The van der Waals surface area contributed by atoms with E-state index in [9.17, 15) is 15.2 Å². The Kier molecular flexibility index (Phi) is 5.32. The van der Waals surface area contributed by atoms with Crippen molar-refractivity contribution in [2.45, 2.75) is 0 Å². The zero-order valence-electron chi connectivity index (χ0n) is 5.15. The van der Waals surface area contributed by atoms with Crippen molar-refractivity contribution in [3.8, 4) is 0 Å². The Morgan fingerprint density at radius 1 is 1.50 bits per heavy atom. The van der Waals surface area contributed by atoms with E-state index in [0.29, 0.717) is 0 Å². The fourth-order valence-corrected chi connectivity index (χ4v) is 0.308. The van der Waals surface area contributed by atoms with Crippen LogP contribution in [0.4, 0.5) is 0 Å². The molecular formula is C6H6O4-2. The summed E-state index contributed by atoms with van der Waals surface area (Å²) in [5, 5.41) is 19.0. The van der Waals surface area contributed by atoms with Gasteiger partial charge in [0.25, 0.3) is 0 Å². The van der Waals surface area contributed by atoms with Gasteiger partial charge in [0.15, 0.2) is 0 Å². The van der Waals surface area contributed by atoms with Gasteiger partial charge in [0.2, 0.25) is 0 Å². The van der Waals surface area contributed by atoms with Gasteiger partial charge in [-0.05, 0) is 6.08 Å². The maximum atomic E-state index is 9.71. The molecule has 0 rings (SSSR count). The molecule has 0 aromatic carbocycles. The molecule has 4 heteroatoms. The van der Waals surface area contributed by atoms with E-state index in [1.54, 1.807) is 0 Å². The zero-order chi connectivity index (χ0) is 7.82. The van der Waals surface area contributed by atoms with Crippen molar-refractivity contribution in [1.29, 1.82) is 0 Å². The highest BCUT2D eigenvalue weighted by Gasteiger charge is 1.67. The molecule has 0 heterocycles. The fraction of sp³-hybridized carbons (Fsp3) is 0.167. The highest BCUT2D eigenvalue weighted by molar-refractivity contribution is 5.77. The number of allylic oxidation sites excluding steroid dienone is 2. The summed E-state index contributed by atoms with van der Waals surface area (Å²) in [6, 6.07) is 0. The van der Waals surface area contributed by atoms with Gasteiger partial charge in [-0.2, -0.15) is 0 Å². The first-order valence-electron chi connectivity index (χ1n) is 2.56. The minimum atomic E-state index is -1.27. The van der Waals surface area contributed by atoms with Gasteiger partial charge in [-0.15, -0.1) is 0 Å². The summed E-state index contributed by atoms with van der Waals surface area (Å²) in [4.78, 5) is 13.1. The second-order valence-electron chi connectivity index (χ2n) is 1.39. The van der Waals surface area contributed by atoms with E-state index in [4.69, 9.17) is 0 Å². The first-order valence-corrected chi connectivity index (χ1v) is 2.56. The molecule has 0 saturated carbocycles. The van der Waals surface area contributed by atoms with Crippen LogP contribution in [0.3, 0.4) is 0 Å². The van der Waals surface area contributed by atoms with Crippen molar-refractivity contribution in [3.05, 3.63) is 24.3 Å². The number of carboxylic acids is 1. The monoisotopic (exact) mass is 142 g/mol. The summed E-state index contributed by atoms with van der Waals surface area (Å²) in [7, 11) is 0. The lowest BCUT2D eigenvalue weighted by molar-refractivity contribution is -0.686. The lowest BCUT2D eigenvalue weighted by Crippen LogP contribution is -2.18. The molecule has 0 N–H and O–H groups in total. The molecule has 0 aliphatic carbocycles. The number of rotatable bonds is 4. The van der Waals surface area contributed by atoms with Crippen LogP contribution < -0.4 is 10.4 Å². The lowest BCUT2D eigenvalue weighted by atomic mass is 10.4. The molecule has 0 aliphatic heterocycles. The van der Waals surface area contributed by atoms with E-state index in [0.717, 1.165) is 6.08 Å². The molecule has 0 bridgehead atoms. The van der Waals surface area contributed by atoms with Gasteiger partial charge < -0.3 is 20.0 Å². The van der Waals surface area contributed by atoms with Gasteiger partial charge in [0.05, 0.1) is 12.6 Å². The van der Waals surface area contributed by atoms with E-state index < -0.39 is 5.97 Å². The summed E-state index contributed by atoms with van der Waals surface area (Å²) in [5.41, 5.74) is 0. The number of carbonyl (C=O) groups is 1. The average Bonchev–Trinajstić information content (AvgIpc) is 1.87. The Labute approximate surface area is 58.0 Å². The van der Waals surface area contributed by atoms with Crippen LogP contribution in [-0.2, 0) is 9.68 Å². The van der Waals surface area contributed by atoms with Crippen LogP contribution in [0.1, 0.15) is 0 Å². The van der Waals surface area contributed by atoms with Crippen LogP contribution >= 0.6 is 0 Å².